The Morgan fingerprint density at radius 3 is 2.12 bits per heavy atom. The fraction of sp³-hybridized carbons (Fsp3) is 1.00. The van der Waals surface area contributed by atoms with Crippen LogP contribution < -0.4 is 51.4 Å². The number of aliphatic hydroxyl groups is 1. The molecule has 0 aromatic carbocycles. The van der Waals surface area contributed by atoms with E-state index in [1.807, 2.05) is 0 Å². The van der Waals surface area contributed by atoms with Crippen molar-refractivity contribution < 1.29 is 56.5 Å². The Morgan fingerprint density at radius 1 is 1.12 bits per heavy atom. The molecule has 1 saturated carbocycles. The number of hydrogen-bond acceptors (Lipinski definition) is 2. The van der Waals surface area contributed by atoms with Gasteiger partial charge in [-0.1, -0.05) is 19.3 Å². The van der Waals surface area contributed by atoms with Gasteiger partial charge in [0.2, 0.25) is 0 Å². The normalized spacial score (nSPS) is 21.8. The van der Waals surface area contributed by atoms with E-state index >= 15 is 0 Å². The Hall–Kier alpha value is 1.52. The number of aliphatic hydroxyl groups excluding tert-OH is 1. The summed E-state index contributed by atoms with van der Waals surface area (Å²) in [5.41, 5.74) is 0. The van der Waals surface area contributed by atoms with Crippen LogP contribution in [0.4, 0.5) is 0 Å². The van der Waals surface area contributed by atoms with E-state index in [2.05, 4.69) is 17.3 Å². The van der Waals surface area contributed by atoms with Crippen LogP contribution >= 0.6 is 0 Å². The Labute approximate surface area is 143 Å². The predicted octanol–water partition coefficient (Wildman–Crippen LogP) is -1.13. The molecule has 1 heterocycles. The van der Waals surface area contributed by atoms with E-state index < -0.39 is 0 Å². The van der Waals surface area contributed by atoms with Gasteiger partial charge in [-0.15, -0.1) is 13.1 Å². The summed E-state index contributed by atoms with van der Waals surface area (Å²) in [6.45, 7) is 3.55. The number of piperidine rings is 1. The van der Waals surface area contributed by atoms with Crippen LogP contribution in [0.3, 0.4) is 0 Å². The van der Waals surface area contributed by atoms with Crippen molar-refractivity contribution in [1.29, 1.82) is 0 Å². The summed E-state index contributed by atoms with van der Waals surface area (Å²) >= 11 is 0. The van der Waals surface area contributed by atoms with Gasteiger partial charge in [0, 0.05) is 19.7 Å². The van der Waals surface area contributed by atoms with Crippen LogP contribution in [0, 0.1) is 5.92 Å². The zero-order valence-corrected chi connectivity index (χ0v) is 14.3. The molecule has 3 nitrogen and oxygen atoms in total. The van der Waals surface area contributed by atoms with Crippen molar-refractivity contribution in [3.63, 3.8) is 0 Å². The molecule has 16 heavy (non-hydrogen) atoms. The molecule has 0 unspecified atom stereocenters. The van der Waals surface area contributed by atoms with Gasteiger partial charge in [-0.3, -0.25) is 0 Å². The SMILES string of the molecule is CN(CC1CC[N-]CC1)C1CCC1.CO.[K+]. The van der Waals surface area contributed by atoms with Gasteiger partial charge >= 0.3 is 51.4 Å². The van der Waals surface area contributed by atoms with Crippen LogP contribution in [0.15, 0.2) is 0 Å². The molecule has 4 heteroatoms. The molecule has 0 amide bonds. The first-order valence-electron chi connectivity index (χ1n) is 6.14. The third-order valence-electron chi connectivity index (χ3n) is 3.64. The molecule has 0 atom stereocenters. The van der Waals surface area contributed by atoms with E-state index in [1.54, 1.807) is 0 Å². The summed E-state index contributed by atoms with van der Waals surface area (Å²) in [7, 11) is 3.30. The van der Waals surface area contributed by atoms with E-state index in [9.17, 15) is 0 Å². The van der Waals surface area contributed by atoms with Crippen molar-refractivity contribution in [2.75, 3.05) is 33.8 Å². The first-order valence-corrected chi connectivity index (χ1v) is 6.14. The summed E-state index contributed by atoms with van der Waals surface area (Å²) in [6, 6.07) is 0.916. The third-order valence-corrected chi connectivity index (χ3v) is 3.64. The average molecular weight is 252 g/mol. The molecule has 1 N–H and O–H groups in total. The van der Waals surface area contributed by atoms with E-state index in [-0.39, 0.29) is 51.4 Å². The van der Waals surface area contributed by atoms with Crippen LogP contribution in [-0.2, 0) is 0 Å². The molecular weight excluding hydrogens is 227 g/mol. The van der Waals surface area contributed by atoms with E-state index in [1.165, 1.54) is 38.6 Å². The predicted molar refractivity (Wildman–Crippen MR) is 64.2 cm³/mol. The number of hydrogen-bond donors (Lipinski definition) is 1. The Morgan fingerprint density at radius 2 is 1.69 bits per heavy atom. The van der Waals surface area contributed by atoms with Gasteiger partial charge in [0.15, 0.2) is 0 Å². The van der Waals surface area contributed by atoms with E-state index in [4.69, 9.17) is 5.11 Å². The van der Waals surface area contributed by atoms with Gasteiger partial charge in [0.25, 0.3) is 0 Å². The molecule has 1 aliphatic carbocycles. The van der Waals surface area contributed by atoms with Crippen LogP contribution in [-0.4, -0.2) is 49.8 Å². The van der Waals surface area contributed by atoms with Crippen molar-refractivity contribution >= 4 is 0 Å². The smallest absolute Gasteiger partial charge is 0.662 e. The largest absolute Gasteiger partial charge is 1.00 e. The van der Waals surface area contributed by atoms with Gasteiger partial charge in [0.1, 0.15) is 0 Å². The second-order valence-corrected chi connectivity index (χ2v) is 4.64. The minimum Gasteiger partial charge on any atom is -0.662 e. The minimum atomic E-state index is 0. The molecule has 2 aliphatic rings. The van der Waals surface area contributed by atoms with Crippen LogP contribution in [0.25, 0.3) is 5.32 Å². The second kappa shape index (κ2) is 10.4. The Kier molecular flexibility index (Phi) is 11.4. The van der Waals surface area contributed by atoms with Crippen LogP contribution in [0.2, 0.25) is 0 Å². The van der Waals surface area contributed by atoms with Gasteiger partial charge in [-0.2, -0.15) is 0 Å². The summed E-state index contributed by atoms with van der Waals surface area (Å²) in [6.07, 6.45) is 6.99. The van der Waals surface area contributed by atoms with Crippen molar-refractivity contribution in [3.05, 3.63) is 5.32 Å². The summed E-state index contributed by atoms with van der Waals surface area (Å²) < 4.78 is 0. The maximum atomic E-state index is 7.00. The quantitative estimate of drug-likeness (QED) is 0.645. The molecule has 1 saturated heterocycles. The standard InChI is InChI=1S/C11H21N2.CH4O.K/c1-13(11-3-2-4-11)9-10-5-7-12-8-6-10;1-2;/h10-11H,2-9H2,1H3;2H,1H3;/q-1;;+1. The molecule has 0 aromatic rings. The first-order chi connectivity index (χ1) is 7.36. The van der Waals surface area contributed by atoms with Crippen LogP contribution in [0.1, 0.15) is 32.1 Å². The van der Waals surface area contributed by atoms with Crippen molar-refractivity contribution in [2.45, 2.75) is 38.1 Å². The maximum Gasteiger partial charge on any atom is 1.00 e. The number of nitrogens with zero attached hydrogens (tertiary/aromatic N) is 2. The maximum absolute atomic E-state index is 7.00. The third kappa shape index (κ3) is 5.91. The zero-order valence-electron chi connectivity index (χ0n) is 11.2. The second-order valence-electron chi connectivity index (χ2n) is 4.64. The summed E-state index contributed by atoms with van der Waals surface area (Å²) in [5, 5.41) is 11.4. The molecule has 0 spiro atoms. The number of rotatable bonds is 3. The molecule has 0 radical (unpaired) electrons. The van der Waals surface area contributed by atoms with Crippen LogP contribution in [0.5, 0.6) is 0 Å². The summed E-state index contributed by atoms with van der Waals surface area (Å²) in [5.74, 6) is 0.933. The minimum absolute atomic E-state index is 0. The van der Waals surface area contributed by atoms with Gasteiger partial charge < -0.3 is 15.3 Å². The van der Waals surface area contributed by atoms with Gasteiger partial charge in [-0.05, 0) is 25.8 Å². The average Bonchev–Trinajstić information content (AvgIpc) is 2.19. The first kappa shape index (κ1) is 17.5. The van der Waals surface area contributed by atoms with Crippen molar-refractivity contribution in [1.82, 2.24) is 4.90 Å². The fourth-order valence-electron chi connectivity index (χ4n) is 2.37. The van der Waals surface area contributed by atoms with Gasteiger partial charge in [-0.25, -0.2) is 0 Å². The monoisotopic (exact) mass is 252 g/mol. The van der Waals surface area contributed by atoms with E-state index in [0.29, 0.717) is 0 Å². The fourth-order valence-corrected chi connectivity index (χ4v) is 2.37. The van der Waals surface area contributed by atoms with Crippen molar-refractivity contribution in [3.8, 4) is 0 Å². The topological polar surface area (TPSA) is 37.6 Å². The van der Waals surface area contributed by atoms with Crippen molar-refractivity contribution in [2.24, 2.45) is 5.92 Å². The molecule has 2 fully saturated rings. The van der Waals surface area contributed by atoms with Gasteiger partial charge in [0.05, 0.1) is 0 Å². The molecule has 1 aliphatic heterocycles. The molecular formula is C12H25KN2O. The molecule has 90 valence electrons. The van der Waals surface area contributed by atoms with E-state index in [0.717, 1.165) is 32.2 Å². The zero-order chi connectivity index (χ0) is 11.1. The molecule has 0 bridgehead atoms. The summed E-state index contributed by atoms with van der Waals surface area (Å²) in [4.78, 5) is 2.58. The Balaban J connectivity index is 0.000000711. The molecule has 2 rings (SSSR count). The Bertz CT molecular complexity index is 159. The molecule has 0 aromatic heterocycles.